The van der Waals surface area contributed by atoms with Crippen molar-refractivity contribution in [1.29, 1.82) is 0 Å². The first-order valence-corrected chi connectivity index (χ1v) is 1.02. The first kappa shape index (κ1) is 8.82. The van der Waals surface area contributed by atoms with Crippen molar-refractivity contribution in [1.82, 2.24) is 0 Å². The molecule has 0 saturated heterocycles. The van der Waals surface area contributed by atoms with Gasteiger partial charge in [0.25, 0.3) is 0 Å². The second-order valence-corrected chi connectivity index (χ2v) is 0.316. The fourth-order valence-corrected chi connectivity index (χ4v) is 0. The van der Waals surface area contributed by atoms with E-state index < -0.39 is 0 Å². The third-order valence-corrected chi connectivity index (χ3v) is 0. The summed E-state index contributed by atoms with van der Waals surface area (Å²) in [5.74, 6) is 0. The maximum Gasteiger partial charge on any atom is 3.00 e. The van der Waals surface area contributed by atoms with Crippen LogP contribution in [0.4, 0.5) is 0 Å². The molecule has 0 spiro atoms. The molecule has 4 heavy (non-hydrogen) atoms. The van der Waals surface area contributed by atoms with Gasteiger partial charge in [-0.25, -0.2) is 0 Å². The van der Waals surface area contributed by atoms with Crippen LogP contribution < -0.4 is 0 Å². The Bertz CT molecular complexity index is 6.00. The van der Waals surface area contributed by atoms with Gasteiger partial charge in [0.15, 0.2) is 0 Å². The molecule has 0 aliphatic rings. The minimum absolute atomic E-state index is 0. The molecule has 0 heterocycles. The molecule has 0 aromatic rings. The van der Waals surface area contributed by atoms with E-state index in [-0.39, 0.29) is 23.7 Å². The van der Waals surface area contributed by atoms with Crippen LogP contribution >= 0.6 is 0 Å². The Morgan fingerprint density at radius 2 is 1.75 bits per heavy atom. The van der Waals surface area contributed by atoms with Crippen molar-refractivity contribution in [3.63, 3.8) is 0 Å². The van der Waals surface area contributed by atoms with Crippen LogP contribution in [0.3, 0.4) is 0 Å². The van der Waals surface area contributed by atoms with Crippen LogP contribution in [-0.2, 0) is 17.1 Å². The molecule has 0 aromatic heterocycles. The Morgan fingerprint density at radius 1 is 1.75 bits per heavy atom. The van der Waals surface area contributed by atoms with Gasteiger partial charge in [-0.3, -0.25) is 0 Å². The zero-order valence-electron chi connectivity index (χ0n) is 2.51. The Labute approximate surface area is 36.5 Å². The van der Waals surface area contributed by atoms with Crippen molar-refractivity contribution >= 4 is 0 Å². The number of hydrogen-bond acceptors (Lipinski definition) is 1. The van der Waals surface area contributed by atoms with Gasteiger partial charge in [-0.15, -0.1) is 0 Å². The first-order chi connectivity index (χ1) is 1.41. The van der Waals surface area contributed by atoms with E-state index in [0.717, 1.165) is 0 Å². The summed E-state index contributed by atoms with van der Waals surface area (Å²) in [5.41, 5.74) is 0. The maximum atomic E-state index is 7.57. The molecule has 1 nitrogen and oxygen atoms in total. The smallest absolute Gasteiger partial charge is 0.397 e. The molecule has 1 N–H and O–H groups in total. The molecule has 0 rings (SSSR count). The van der Waals surface area contributed by atoms with E-state index in [0.29, 0.717) is 0 Å². The van der Waals surface area contributed by atoms with Gasteiger partial charge >= 0.3 is 17.1 Å². The van der Waals surface area contributed by atoms with Crippen molar-refractivity contribution in [3.8, 4) is 0 Å². The average Bonchev–Trinajstić information content (AvgIpc) is 0.918. The van der Waals surface area contributed by atoms with Gasteiger partial charge in [0, 0.05) is 6.61 Å². The molecule has 0 aliphatic heterocycles. The molecule has 0 unspecified atom stereocenters. The largest absolute Gasteiger partial charge is 3.00 e. The first-order valence-electron chi connectivity index (χ1n) is 1.02. The minimum Gasteiger partial charge on any atom is -0.397 e. The molecular formula is C2H6FeO+3. The van der Waals surface area contributed by atoms with Crippen LogP contribution in [0.25, 0.3) is 0 Å². The predicted octanol–water partition coefficient (Wildman–Crippen LogP) is -0.00390. The molecule has 2 heteroatoms. The molecule has 0 aliphatic carbocycles. The second kappa shape index (κ2) is 9.77. The summed E-state index contributed by atoms with van der Waals surface area (Å²) in [4.78, 5) is 0. The van der Waals surface area contributed by atoms with Crippen molar-refractivity contribution in [2.75, 3.05) is 6.61 Å². The quantitative estimate of drug-likeness (QED) is 0.426. The molecular weight excluding hydrogens is 95.9 g/mol. The molecule has 25 valence electrons. The summed E-state index contributed by atoms with van der Waals surface area (Å²) in [5, 5.41) is 7.57. The van der Waals surface area contributed by atoms with Crippen LogP contribution in [0, 0.1) is 0 Å². The topological polar surface area (TPSA) is 20.2 Å². The van der Waals surface area contributed by atoms with Crippen molar-refractivity contribution in [2.24, 2.45) is 0 Å². The Hall–Kier alpha value is 0.479. The van der Waals surface area contributed by atoms with E-state index in [4.69, 9.17) is 5.11 Å². The minimum atomic E-state index is 0. The molecule has 0 bridgehead atoms. The third-order valence-electron chi connectivity index (χ3n) is 0. The zero-order chi connectivity index (χ0) is 2.71. The summed E-state index contributed by atoms with van der Waals surface area (Å²) in [6.07, 6.45) is 0. The van der Waals surface area contributed by atoms with E-state index in [1.54, 1.807) is 6.92 Å². The van der Waals surface area contributed by atoms with Gasteiger partial charge in [-0.2, -0.15) is 0 Å². The van der Waals surface area contributed by atoms with Gasteiger partial charge in [0.1, 0.15) is 0 Å². The molecule has 0 saturated carbocycles. The van der Waals surface area contributed by atoms with Crippen LogP contribution in [0.1, 0.15) is 6.92 Å². The van der Waals surface area contributed by atoms with Crippen molar-refractivity contribution in [2.45, 2.75) is 6.92 Å². The fourth-order valence-electron chi connectivity index (χ4n) is 0. The fraction of sp³-hybridized carbons (Fsp3) is 1.00. The molecule has 0 atom stereocenters. The Balaban J connectivity index is 0. The van der Waals surface area contributed by atoms with Crippen molar-refractivity contribution in [3.05, 3.63) is 0 Å². The normalized spacial score (nSPS) is 4.50. The second-order valence-electron chi connectivity index (χ2n) is 0.316. The average molecular weight is 102 g/mol. The number of rotatable bonds is 0. The third kappa shape index (κ3) is 23.6. The predicted molar refractivity (Wildman–Crippen MR) is 12.8 cm³/mol. The zero-order valence-corrected chi connectivity index (χ0v) is 3.61. The summed E-state index contributed by atoms with van der Waals surface area (Å²) in [7, 11) is 0. The summed E-state index contributed by atoms with van der Waals surface area (Å²) < 4.78 is 0. The molecule has 0 fully saturated rings. The van der Waals surface area contributed by atoms with Gasteiger partial charge in [0.05, 0.1) is 0 Å². The van der Waals surface area contributed by atoms with E-state index in [9.17, 15) is 0 Å². The number of aliphatic hydroxyl groups is 1. The summed E-state index contributed by atoms with van der Waals surface area (Å²) >= 11 is 0. The van der Waals surface area contributed by atoms with E-state index in [2.05, 4.69) is 0 Å². The molecule has 0 aromatic carbocycles. The van der Waals surface area contributed by atoms with Crippen LogP contribution in [-0.4, -0.2) is 11.7 Å². The van der Waals surface area contributed by atoms with Gasteiger partial charge in [-0.05, 0) is 6.92 Å². The van der Waals surface area contributed by atoms with Gasteiger partial charge in [0.2, 0.25) is 0 Å². The monoisotopic (exact) mass is 102 g/mol. The SMILES string of the molecule is CCO.[Fe+3]. The summed E-state index contributed by atoms with van der Waals surface area (Å²) in [6.45, 7) is 1.93. The number of aliphatic hydroxyl groups excluding tert-OH is 1. The van der Waals surface area contributed by atoms with Gasteiger partial charge in [-0.1, -0.05) is 0 Å². The van der Waals surface area contributed by atoms with Crippen LogP contribution in [0.15, 0.2) is 0 Å². The molecule has 1 radical (unpaired) electrons. The molecule has 0 amide bonds. The number of hydrogen-bond donors (Lipinski definition) is 1. The Morgan fingerprint density at radius 3 is 1.75 bits per heavy atom. The van der Waals surface area contributed by atoms with E-state index in [1.807, 2.05) is 0 Å². The summed E-state index contributed by atoms with van der Waals surface area (Å²) in [6, 6.07) is 0. The maximum absolute atomic E-state index is 7.57. The van der Waals surface area contributed by atoms with E-state index >= 15 is 0 Å². The van der Waals surface area contributed by atoms with Gasteiger partial charge < -0.3 is 5.11 Å². The standard InChI is InChI=1S/C2H6O.Fe/c1-2-3;/h3H,2H2,1H3;/q;+3. The van der Waals surface area contributed by atoms with Crippen LogP contribution in [0.2, 0.25) is 0 Å². The Kier molecular flexibility index (Phi) is 21.6. The van der Waals surface area contributed by atoms with E-state index in [1.165, 1.54) is 0 Å². The van der Waals surface area contributed by atoms with Crippen LogP contribution in [0.5, 0.6) is 0 Å². The van der Waals surface area contributed by atoms with Crippen molar-refractivity contribution < 1.29 is 22.2 Å².